The Morgan fingerprint density at radius 3 is 1.86 bits per heavy atom. The quantitative estimate of drug-likeness (QED) is 0.871. The molecular weight excluding hydrogens is 260 g/mol. The van der Waals surface area contributed by atoms with E-state index in [9.17, 15) is 4.79 Å². The lowest BCUT2D eigenvalue weighted by Gasteiger charge is -2.19. The molecule has 0 aliphatic heterocycles. The third-order valence-corrected chi connectivity index (χ3v) is 4.38. The second kappa shape index (κ2) is 9.54. The lowest BCUT2D eigenvalue weighted by molar-refractivity contribution is 0.0931. The third-order valence-electron chi connectivity index (χ3n) is 4.38. The fourth-order valence-electron chi connectivity index (χ4n) is 3.08. The van der Waals surface area contributed by atoms with Gasteiger partial charge >= 0.3 is 0 Å². The predicted octanol–water partition coefficient (Wildman–Crippen LogP) is 4.48. The van der Waals surface area contributed by atoms with Crippen LogP contribution < -0.4 is 5.32 Å². The minimum Gasteiger partial charge on any atom is -0.349 e. The van der Waals surface area contributed by atoms with E-state index in [0.717, 1.165) is 18.4 Å². The first-order chi connectivity index (χ1) is 10.4. The summed E-state index contributed by atoms with van der Waals surface area (Å²) >= 11 is 0. The molecule has 0 aromatic carbocycles. The molecule has 1 aromatic rings. The fraction of sp³-hybridized carbons (Fsp3) is 0.667. The van der Waals surface area contributed by atoms with Gasteiger partial charge in [-0.3, -0.25) is 9.78 Å². The Kier molecular flexibility index (Phi) is 7.27. The number of carbonyl (C=O) groups excluding carboxylic acids is 1. The van der Waals surface area contributed by atoms with Crippen molar-refractivity contribution in [2.45, 2.75) is 76.7 Å². The van der Waals surface area contributed by atoms with Crippen LogP contribution in [0.1, 0.15) is 81.0 Å². The van der Waals surface area contributed by atoms with Crippen LogP contribution in [-0.2, 0) is 0 Å². The molecule has 1 aliphatic rings. The van der Waals surface area contributed by atoms with Crippen molar-refractivity contribution in [2.75, 3.05) is 0 Å². The molecule has 3 heteroatoms. The smallest absolute Gasteiger partial charge is 0.251 e. The van der Waals surface area contributed by atoms with Gasteiger partial charge in [0.2, 0.25) is 0 Å². The van der Waals surface area contributed by atoms with Crippen LogP contribution in [0.15, 0.2) is 24.5 Å². The van der Waals surface area contributed by atoms with E-state index in [2.05, 4.69) is 10.3 Å². The molecule has 0 unspecified atom stereocenters. The van der Waals surface area contributed by atoms with Crippen LogP contribution in [0.5, 0.6) is 0 Å². The molecule has 0 bridgehead atoms. The Balaban J connectivity index is 1.84. The fourth-order valence-corrected chi connectivity index (χ4v) is 3.08. The molecule has 0 saturated heterocycles. The van der Waals surface area contributed by atoms with Crippen LogP contribution in [0.2, 0.25) is 0 Å². The summed E-state index contributed by atoms with van der Waals surface area (Å²) in [5.74, 6) is 0.0505. The van der Waals surface area contributed by atoms with E-state index < -0.39 is 0 Å². The summed E-state index contributed by atoms with van der Waals surface area (Å²) < 4.78 is 0. The molecule has 3 nitrogen and oxygen atoms in total. The Labute approximate surface area is 128 Å². The lowest BCUT2D eigenvalue weighted by Crippen LogP contribution is -2.34. The highest BCUT2D eigenvalue weighted by Gasteiger charge is 2.13. The Hall–Kier alpha value is -1.38. The molecule has 1 amide bonds. The first kappa shape index (κ1) is 16.0. The first-order valence-electron chi connectivity index (χ1n) is 8.57. The van der Waals surface area contributed by atoms with Gasteiger partial charge in [-0.2, -0.15) is 0 Å². The summed E-state index contributed by atoms with van der Waals surface area (Å²) in [7, 11) is 0. The van der Waals surface area contributed by atoms with E-state index in [-0.39, 0.29) is 5.91 Å². The molecule has 2 rings (SSSR count). The average Bonchev–Trinajstić information content (AvgIpc) is 2.51. The highest BCUT2D eigenvalue weighted by molar-refractivity contribution is 5.94. The number of amides is 1. The van der Waals surface area contributed by atoms with E-state index in [0.29, 0.717) is 6.04 Å². The van der Waals surface area contributed by atoms with Crippen molar-refractivity contribution >= 4 is 5.91 Å². The molecule has 1 aromatic heterocycles. The number of aromatic nitrogens is 1. The minimum atomic E-state index is 0.0505. The Morgan fingerprint density at radius 2 is 1.33 bits per heavy atom. The highest BCUT2D eigenvalue weighted by atomic mass is 16.1. The van der Waals surface area contributed by atoms with Crippen LogP contribution in [0.3, 0.4) is 0 Å². The third kappa shape index (κ3) is 6.28. The standard InChI is InChI=1S/C18H28N2O/c21-18(16-12-14-19-15-13-16)20-17-10-8-6-4-2-1-3-5-7-9-11-17/h12-15,17H,1-11H2,(H,20,21). The molecule has 0 radical (unpaired) electrons. The van der Waals surface area contributed by atoms with Gasteiger partial charge in [0.1, 0.15) is 0 Å². The SMILES string of the molecule is O=C(NC1CCCCCCCCCCC1)c1ccncc1. The molecule has 0 atom stereocenters. The number of carbonyl (C=O) groups is 1. The zero-order chi connectivity index (χ0) is 14.8. The maximum absolute atomic E-state index is 12.2. The van der Waals surface area contributed by atoms with Crippen LogP contribution in [0.25, 0.3) is 0 Å². The topological polar surface area (TPSA) is 42.0 Å². The van der Waals surface area contributed by atoms with Crippen molar-refractivity contribution in [2.24, 2.45) is 0 Å². The first-order valence-corrected chi connectivity index (χ1v) is 8.57. The van der Waals surface area contributed by atoms with Gasteiger partial charge in [0, 0.05) is 24.0 Å². The van der Waals surface area contributed by atoms with Gasteiger partial charge in [-0.15, -0.1) is 0 Å². The van der Waals surface area contributed by atoms with Crippen LogP contribution in [0.4, 0.5) is 0 Å². The van der Waals surface area contributed by atoms with Gasteiger partial charge in [-0.25, -0.2) is 0 Å². The van der Waals surface area contributed by atoms with Crippen molar-refractivity contribution in [1.82, 2.24) is 10.3 Å². The largest absolute Gasteiger partial charge is 0.349 e. The van der Waals surface area contributed by atoms with E-state index in [4.69, 9.17) is 0 Å². The maximum atomic E-state index is 12.2. The summed E-state index contributed by atoms with van der Waals surface area (Å²) in [6.07, 6.45) is 17.6. The summed E-state index contributed by atoms with van der Waals surface area (Å²) in [4.78, 5) is 16.2. The number of pyridine rings is 1. The van der Waals surface area contributed by atoms with Crippen LogP contribution in [-0.4, -0.2) is 16.9 Å². The Morgan fingerprint density at radius 1 is 0.857 bits per heavy atom. The number of nitrogens with one attached hydrogen (secondary N) is 1. The van der Waals surface area contributed by atoms with Crippen LogP contribution in [0, 0.1) is 0 Å². The molecule has 1 saturated carbocycles. The maximum Gasteiger partial charge on any atom is 0.251 e. The van der Waals surface area contributed by atoms with Gasteiger partial charge in [0.05, 0.1) is 0 Å². The normalized spacial score (nSPS) is 19.2. The van der Waals surface area contributed by atoms with E-state index in [1.807, 2.05) is 0 Å². The van der Waals surface area contributed by atoms with Gasteiger partial charge in [0.15, 0.2) is 0 Å². The van der Waals surface area contributed by atoms with Crippen molar-refractivity contribution in [3.05, 3.63) is 30.1 Å². The number of hydrogen-bond acceptors (Lipinski definition) is 2. The molecular formula is C18H28N2O. The van der Waals surface area contributed by atoms with Gasteiger partial charge in [-0.05, 0) is 25.0 Å². The minimum absolute atomic E-state index is 0.0505. The summed E-state index contributed by atoms with van der Waals surface area (Å²) in [5.41, 5.74) is 0.719. The highest BCUT2D eigenvalue weighted by Crippen LogP contribution is 2.17. The molecule has 1 fully saturated rings. The zero-order valence-corrected chi connectivity index (χ0v) is 13.0. The lowest BCUT2D eigenvalue weighted by atomic mass is 9.97. The summed E-state index contributed by atoms with van der Waals surface area (Å²) in [6, 6.07) is 3.90. The van der Waals surface area contributed by atoms with Crippen molar-refractivity contribution in [3.8, 4) is 0 Å². The number of rotatable bonds is 2. The van der Waals surface area contributed by atoms with Gasteiger partial charge in [0.25, 0.3) is 5.91 Å². The summed E-state index contributed by atoms with van der Waals surface area (Å²) in [5, 5.41) is 3.22. The molecule has 116 valence electrons. The predicted molar refractivity (Wildman–Crippen MR) is 86.3 cm³/mol. The Bertz CT molecular complexity index is 393. The van der Waals surface area contributed by atoms with Crippen LogP contribution >= 0.6 is 0 Å². The second-order valence-electron chi connectivity index (χ2n) is 6.17. The molecule has 1 heterocycles. The monoisotopic (exact) mass is 288 g/mol. The average molecular weight is 288 g/mol. The second-order valence-corrected chi connectivity index (χ2v) is 6.17. The molecule has 1 aliphatic carbocycles. The number of hydrogen-bond donors (Lipinski definition) is 1. The van der Waals surface area contributed by atoms with Crippen molar-refractivity contribution in [1.29, 1.82) is 0 Å². The van der Waals surface area contributed by atoms with Crippen molar-refractivity contribution < 1.29 is 4.79 Å². The molecule has 1 N–H and O–H groups in total. The zero-order valence-electron chi connectivity index (χ0n) is 13.0. The summed E-state index contributed by atoms with van der Waals surface area (Å²) in [6.45, 7) is 0. The van der Waals surface area contributed by atoms with E-state index >= 15 is 0 Å². The molecule has 21 heavy (non-hydrogen) atoms. The number of nitrogens with zero attached hydrogens (tertiary/aromatic N) is 1. The van der Waals surface area contributed by atoms with Crippen molar-refractivity contribution in [3.63, 3.8) is 0 Å². The van der Waals surface area contributed by atoms with E-state index in [1.165, 1.54) is 57.8 Å². The van der Waals surface area contributed by atoms with Gasteiger partial charge < -0.3 is 5.32 Å². The van der Waals surface area contributed by atoms with E-state index in [1.54, 1.807) is 24.5 Å². The van der Waals surface area contributed by atoms with Gasteiger partial charge in [-0.1, -0.05) is 57.8 Å². The molecule has 0 spiro atoms.